The van der Waals surface area contributed by atoms with E-state index in [1.807, 2.05) is 32.0 Å². The van der Waals surface area contributed by atoms with Gasteiger partial charge in [0, 0.05) is 12.7 Å². The Labute approximate surface area is 158 Å². The molecule has 27 heavy (non-hydrogen) atoms. The fraction of sp³-hybridized carbons (Fsp3) is 0.250. The number of ether oxygens (including phenoxy) is 1. The summed E-state index contributed by atoms with van der Waals surface area (Å²) in [5.41, 5.74) is 8.23. The molecular weight excluding hydrogens is 346 g/mol. The Hall–Kier alpha value is -3.35. The molecular formula is C20H23N3O4. The molecule has 3 N–H and O–H groups in total. The summed E-state index contributed by atoms with van der Waals surface area (Å²) in [6, 6.07) is 12.0. The first-order chi connectivity index (χ1) is 12.8. The molecule has 2 rings (SSSR count). The number of nitrogens with two attached hydrogens (primary N) is 1. The molecule has 0 radical (unpaired) electrons. The number of nitrogens with one attached hydrogen (secondary N) is 1. The third-order valence-electron chi connectivity index (χ3n) is 4.19. The molecule has 0 saturated carbocycles. The van der Waals surface area contributed by atoms with E-state index in [4.69, 9.17) is 10.5 Å². The SMILES string of the molecule is Cc1cccc(NC(=O)CN(C)C(=O)COc2ccccc2C(N)=O)c1C. The number of primary amides is 1. The summed E-state index contributed by atoms with van der Waals surface area (Å²) in [6.07, 6.45) is 0. The molecule has 142 valence electrons. The molecule has 0 aliphatic carbocycles. The lowest BCUT2D eigenvalue weighted by molar-refractivity contribution is -0.135. The number of benzene rings is 2. The Morgan fingerprint density at radius 1 is 1.07 bits per heavy atom. The quantitative estimate of drug-likeness (QED) is 0.778. The van der Waals surface area contributed by atoms with Gasteiger partial charge in [-0.25, -0.2) is 0 Å². The number of hydrogen-bond donors (Lipinski definition) is 2. The number of aryl methyl sites for hydroxylation is 1. The van der Waals surface area contributed by atoms with Crippen molar-refractivity contribution >= 4 is 23.4 Å². The van der Waals surface area contributed by atoms with Crippen molar-refractivity contribution in [1.82, 2.24) is 4.90 Å². The molecule has 0 spiro atoms. The van der Waals surface area contributed by atoms with Crippen LogP contribution in [0, 0.1) is 13.8 Å². The van der Waals surface area contributed by atoms with Crippen LogP contribution in [0.1, 0.15) is 21.5 Å². The van der Waals surface area contributed by atoms with Crippen molar-refractivity contribution in [1.29, 1.82) is 0 Å². The maximum absolute atomic E-state index is 12.2. The molecule has 2 aromatic rings. The summed E-state index contributed by atoms with van der Waals surface area (Å²) < 4.78 is 5.39. The number of carbonyl (C=O) groups is 3. The zero-order valence-corrected chi connectivity index (χ0v) is 15.6. The van der Waals surface area contributed by atoms with Gasteiger partial charge in [0.15, 0.2) is 6.61 Å². The van der Waals surface area contributed by atoms with Gasteiger partial charge in [-0.2, -0.15) is 0 Å². The average molecular weight is 369 g/mol. The normalized spacial score (nSPS) is 10.2. The third kappa shape index (κ3) is 5.31. The minimum atomic E-state index is -0.640. The van der Waals surface area contributed by atoms with Gasteiger partial charge >= 0.3 is 0 Å². The highest BCUT2D eigenvalue weighted by Crippen LogP contribution is 2.18. The van der Waals surface area contributed by atoms with Gasteiger partial charge in [0.2, 0.25) is 5.91 Å². The predicted octanol–water partition coefficient (Wildman–Crippen LogP) is 1.88. The molecule has 0 saturated heterocycles. The fourth-order valence-corrected chi connectivity index (χ4v) is 2.43. The van der Waals surface area contributed by atoms with Gasteiger partial charge in [-0.3, -0.25) is 14.4 Å². The molecule has 0 aliphatic rings. The van der Waals surface area contributed by atoms with Crippen LogP contribution < -0.4 is 15.8 Å². The van der Waals surface area contributed by atoms with E-state index >= 15 is 0 Å². The number of likely N-dealkylation sites (N-methyl/N-ethyl adjacent to an activating group) is 1. The molecule has 3 amide bonds. The van der Waals surface area contributed by atoms with E-state index in [1.165, 1.54) is 18.0 Å². The molecule has 0 heterocycles. The highest BCUT2D eigenvalue weighted by molar-refractivity contribution is 5.96. The summed E-state index contributed by atoms with van der Waals surface area (Å²) in [7, 11) is 1.51. The second-order valence-electron chi connectivity index (χ2n) is 6.19. The van der Waals surface area contributed by atoms with Crippen LogP contribution in [0.15, 0.2) is 42.5 Å². The van der Waals surface area contributed by atoms with E-state index in [2.05, 4.69) is 5.32 Å². The number of amides is 3. The van der Waals surface area contributed by atoms with E-state index in [0.717, 1.165) is 11.1 Å². The second-order valence-corrected chi connectivity index (χ2v) is 6.19. The van der Waals surface area contributed by atoms with Crippen molar-refractivity contribution in [3.63, 3.8) is 0 Å². The van der Waals surface area contributed by atoms with Gasteiger partial charge in [0.1, 0.15) is 5.75 Å². The maximum atomic E-state index is 12.2. The van der Waals surface area contributed by atoms with E-state index < -0.39 is 11.8 Å². The molecule has 0 unspecified atom stereocenters. The number of para-hydroxylation sites is 1. The van der Waals surface area contributed by atoms with Crippen LogP contribution in [0.4, 0.5) is 5.69 Å². The lowest BCUT2D eigenvalue weighted by Crippen LogP contribution is -2.37. The summed E-state index contributed by atoms with van der Waals surface area (Å²) in [6.45, 7) is 3.45. The summed E-state index contributed by atoms with van der Waals surface area (Å²) in [4.78, 5) is 37.0. The number of hydrogen-bond acceptors (Lipinski definition) is 4. The Bertz CT molecular complexity index is 864. The van der Waals surface area contributed by atoms with Crippen molar-refractivity contribution in [2.45, 2.75) is 13.8 Å². The van der Waals surface area contributed by atoms with Crippen LogP contribution >= 0.6 is 0 Å². The van der Waals surface area contributed by atoms with E-state index in [0.29, 0.717) is 5.69 Å². The lowest BCUT2D eigenvalue weighted by Gasteiger charge is -2.18. The van der Waals surface area contributed by atoms with Crippen LogP contribution in [-0.2, 0) is 9.59 Å². The number of rotatable bonds is 7. The molecule has 0 aliphatic heterocycles. The lowest BCUT2D eigenvalue weighted by atomic mass is 10.1. The Morgan fingerprint density at radius 2 is 1.78 bits per heavy atom. The van der Waals surface area contributed by atoms with Gasteiger partial charge in [-0.15, -0.1) is 0 Å². The van der Waals surface area contributed by atoms with Crippen molar-refractivity contribution in [3.05, 3.63) is 59.2 Å². The van der Waals surface area contributed by atoms with E-state index in [-0.39, 0.29) is 30.4 Å². The molecule has 0 aromatic heterocycles. The van der Waals surface area contributed by atoms with E-state index in [1.54, 1.807) is 18.2 Å². The average Bonchev–Trinajstić information content (AvgIpc) is 2.63. The van der Waals surface area contributed by atoms with Crippen molar-refractivity contribution in [3.8, 4) is 5.75 Å². The van der Waals surface area contributed by atoms with Gasteiger partial charge in [0.25, 0.3) is 11.8 Å². The van der Waals surface area contributed by atoms with Gasteiger partial charge in [-0.05, 0) is 43.2 Å². The second kappa shape index (κ2) is 8.84. The number of anilines is 1. The summed E-state index contributed by atoms with van der Waals surface area (Å²) >= 11 is 0. The molecule has 2 aromatic carbocycles. The van der Waals surface area contributed by atoms with Crippen LogP contribution in [0.2, 0.25) is 0 Å². The van der Waals surface area contributed by atoms with Crippen LogP contribution in [0.3, 0.4) is 0 Å². The van der Waals surface area contributed by atoms with Crippen LogP contribution in [0.5, 0.6) is 5.75 Å². The predicted molar refractivity (Wildman–Crippen MR) is 103 cm³/mol. The molecule has 7 heteroatoms. The van der Waals surface area contributed by atoms with Gasteiger partial charge in [0.05, 0.1) is 12.1 Å². The zero-order valence-electron chi connectivity index (χ0n) is 15.6. The summed E-state index contributed by atoms with van der Waals surface area (Å²) in [5.74, 6) is -1.12. The Kier molecular flexibility index (Phi) is 6.54. The fourth-order valence-electron chi connectivity index (χ4n) is 2.43. The largest absolute Gasteiger partial charge is 0.483 e. The number of nitrogens with zero attached hydrogens (tertiary/aromatic N) is 1. The summed E-state index contributed by atoms with van der Waals surface area (Å²) in [5, 5.41) is 2.80. The van der Waals surface area contributed by atoms with Crippen molar-refractivity contribution in [2.75, 3.05) is 25.5 Å². The number of carbonyl (C=O) groups excluding carboxylic acids is 3. The van der Waals surface area contributed by atoms with Gasteiger partial charge < -0.3 is 20.7 Å². The topological polar surface area (TPSA) is 102 Å². The minimum Gasteiger partial charge on any atom is -0.483 e. The van der Waals surface area contributed by atoms with Crippen LogP contribution in [-0.4, -0.2) is 42.8 Å². The maximum Gasteiger partial charge on any atom is 0.260 e. The highest BCUT2D eigenvalue weighted by atomic mass is 16.5. The highest BCUT2D eigenvalue weighted by Gasteiger charge is 2.16. The standard InChI is InChI=1S/C20H23N3O4/c1-13-7-6-9-16(14(13)2)22-18(24)11-23(3)19(25)12-27-17-10-5-4-8-15(17)20(21)26/h4-10H,11-12H2,1-3H3,(H2,21,26)(H,22,24). The third-order valence-corrected chi connectivity index (χ3v) is 4.19. The minimum absolute atomic E-state index is 0.118. The zero-order chi connectivity index (χ0) is 20.0. The monoisotopic (exact) mass is 369 g/mol. The van der Waals surface area contributed by atoms with Crippen LogP contribution in [0.25, 0.3) is 0 Å². The molecule has 0 bridgehead atoms. The van der Waals surface area contributed by atoms with E-state index in [9.17, 15) is 14.4 Å². The first kappa shape index (κ1) is 20.0. The first-order valence-corrected chi connectivity index (χ1v) is 8.41. The molecule has 0 fully saturated rings. The van der Waals surface area contributed by atoms with Gasteiger partial charge in [-0.1, -0.05) is 24.3 Å². The molecule has 0 atom stereocenters. The Balaban J connectivity index is 1.91. The molecule has 7 nitrogen and oxygen atoms in total. The Morgan fingerprint density at radius 3 is 2.48 bits per heavy atom. The first-order valence-electron chi connectivity index (χ1n) is 8.41. The van der Waals surface area contributed by atoms with Crippen molar-refractivity contribution < 1.29 is 19.1 Å². The smallest absolute Gasteiger partial charge is 0.260 e. The van der Waals surface area contributed by atoms with Crippen molar-refractivity contribution in [2.24, 2.45) is 5.73 Å².